The predicted molar refractivity (Wildman–Crippen MR) is 77.2 cm³/mol. The largest absolute Gasteiger partial charge is 0.248 e. The van der Waals surface area contributed by atoms with Gasteiger partial charge in [-0.1, -0.05) is 58.3 Å². The average Bonchev–Trinajstić information content (AvgIpc) is 2.86. The Labute approximate surface area is 111 Å². The Kier molecular flexibility index (Phi) is 7.32. The van der Waals surface area contributed by atoms with Crippen molar-refractivity contribution >= 4 is 12.4 Å². The SMILES string of the molecule is CCCCCCCCCCCC1(C#N)N=CC=N1. The second kappa shape index (κ2) is 8.85. The van der Waals surface area contributed by atoms with E-state index in [4.69, 9.17) is 5.26 Å². The fourth-order valence-electron chi connectivity index (χ4n) is 2.27. The smallest absolute Gasteiger partial charge is 0.236 e. The summed E-state index contributed by atoms with van der Waals surface area (Å²) >= 11 is 0. The Morgan fingerprint density at radius 2 is 1.39 bits per heavy atom. The van der Waals surface area contributed by atoms with Crippen molar-refractivity contribution < 1.29 is 0 Å². The lowest BCUT2D eigenvalue weighted by Gasteiger charge is -2.13. The van der Waals surface area contributed by atoms with Gasteiger partial charge in [0, 0.05) is 18.9 Å². The number of unbranched alkanes of at least 4 members (excludes halogenated alkanes) is 8. The average molecular weight is 247 g/mol. The lowest BCUT2D eigenvalue weighted by atomic mass is 10.0. The summed E-state index contributed by atoms with van der Waals surface area (Å²) in [5.74, 6) is 0. The van der Waals surface area contributed by atoms with E-state index >= 15 is 0 Å². The number of nitrogens with zero attached hydrogens (tertiary/aromatic N) is 3. The molecule has 3 nitrogen and oxygen atoms in total. The molecule has 100 valence electrons. The summed E-state index contributed by atoms with van der Waals surface area (Å²) in [6.07, 6.45) is 15.7. The third-order valence-electron chi connectivity index (χ3n) is 3.45. The van der Waals surface area contributed by atoms with Gasteiger partial charge in [-0.15, -0.1) is 0 Å². The Morgan fingerprint density at radius 3 is 1.89 bits per heavy atom. The van der Waals surface area contributed by atoms with Gasteiger partial charge >= 0.3 is 0 Å². The highest BCUT2D eigenvalue weighted by Crippen LogP contribution is 2.23. The van der Waals surface area contributed by atoms with E-state index in [9.17, 15) is 0 Å². The van der Waals surface area contributed by atoms with Crippen LogP contribution in [0.1, 0.15) is 71.1 Å². The molecule has 0 aromatic carbocycles. The Hall–Kier alpha value is -1.17. The zero-order valence-electron chi connectivity index (χ0n) is 11.6. The number of aliphatic imine (C=N–C) groups is 2. The topological polar surface area (TPSA) is 48.5 Å². The van der Waals surface area contributed by atoms with Gasteiger partial charge in [-0.05, 0) is 6.42 Å². The van der Waals surface area contributed by atoms with E-state index in [2.05, 4.69) is 23.0 Å². The van der Waals surface area contributed by atoms with Crippen molar-refractivity contribution in [3.05, 3.63) is 0 Å². The van der Waals surface area contributed by atoms with Crippen molar-refractivity contribution in [2.45, 2.75) is 76.8 Å². The minimum absolute atomic E-state index is 0.770. The lowest BCUT2D eigenvalue weighted by molar-refractivity contribution is 0.482. The van der Waals surface area contributed by atoms with Gasteiger partial charge in [0.05, 0.1) is 0 Å². The van der Waals surface area contributed by atoms with Gasteiger partial charge in [-0.3, -0.25) is 0 Å². The second-order valence-electron chi connectivity index (χ2n) is 5.06. The first-order valence-corrected chi connectivity index (χ1v) is 7.33. The second-order valence-corrected chi connectivity index (χ2v) is 5.06. The van der Waals surface area contributed by atoms with E-state index in [1.54, 1.807) is 12.4 Å². The minimum atomic E-state index is -0.777. The lowest BCUT2D eigenvalue weighted by Crippen LogP contribution is -2.18. The molecule has 0 amide bonds. The molecular weight excluding hydrogens is 222 g/mol. The molecule has 1 rings (SSSR count). The summed E-state index contributed by atoms with van der Waals surface area (Å²) in [6, 6.07) is 2.21. The standard InChI is InChI=1S/C15H25N3/c1-2-3-4-5-6-7-8-9-10-11-15(14-16)17-12-13-18-15/h12-13H,2-11H2,1H3. The summed E-state index contributed by atoms with van der Waals surface area (Å²) in [4.78, 5) is 8.29. The van der Waals surface area contributed by atoms with Crippen molar-refractivity contribution in [2.24, 2.45) is 9.98 Å². The predicted octanol–water partition coefficient (Wildman–Crippen LogP) is 4.28. The third-order valence-corrected chi connectivity index (χ3v) is 3.45. The number of rotatable bonds is 10. The van der Waals surface area contributed by atoms with Crippen LogP contribution in [0.15, 0.2) is 9.98 Å². The molecule has 0 aliphatic carbocycles. The van der Waals surface area contributed by atoms with Gasteiger partial charge in [0.2, 0.25) is 5.66 Å². The molecule has 0 saturated heterocycles. The highest BCUT2D eigenvalue weighted by atomic mass is 15.1. The summed E-state index contributed by atoms with van der Waals surface area (Å²) in [5, 5.41) is 9.06. The van der Waals surface area contributed by atoms with Crippen LogP contribution in [0.2, 0.25) is 0 Å². The molecule has 0 bridgehead atoms. The van der Waals surface area contributed by atoms with E-state index in [1.807, 2.05) is 0 Å². The maximum atomic E-state index is 9.06. The van der Waals surface area contributed by atoms with Crippen LogP contribution in [-0.4, -0.2) is 18.1 Å². The monoisotopic (exact) mass is 247 g/mol. The van der Waals surface area contributed by atoms with E-state index in [0.717, 1.165) is 12.8 Å². The summed E-state index contributed by atoms with van der Waals surface area (Å²) in [6.45, 7) is 2.25. The molecule has 0 atom stereocenters. The molecule has 0 fully saturated rings. The van der Waals surface area contributed by atoms with Crippen molar-refractivity contribution in [2.75, 3.05) is 0 Å². The first-order chi connectivity index (χ1) is 8.83. The highest BCUT2D eigenvalue weighted by Gasteiger charge is 2.28. The van der Waals surface area contributed by atoms with Crippen LogP contribution in [0.25, 0.3) is 0 Å². The van der Waals surface area contributed by atoms with Crippen LogP contribution >= 0.6 is 0 Å². The van der Waals surface area contributed by atoms with E-state index in [0.29, 0.717) is 0 Å². The van der Waals surface area contributed by atoms with Gasteiger partial charge in [0.15, 0.2) is 0 Å². The van der Waals surface area contributed by atoms with Crippen LogP contribution < -0.4 is 0 Å². The number of hydrogen-bond donors (Lipinski definition) is 0. The summed E-state index contributed by atoms with van der Waals surface area (Å²) < 4.78 is 0. The van der Waals surface area contributed by atoms with E-state index in [1.165, 1.54) is 51.4 Å². The number of hydrogen-bond acceptors (Lipinski definition) is 3. The Morgan fingerprint density at radius 1 is 0.889 bits per heavy atom. The zero-order valence-corrected chi connectivity index (χ0v) is 11.6. The van der Waals surface area contributed by atoms with Crippen molar-refractivity contribution in [1.29, 1.82) is 5.26 Å². The van der Waals surface area contributed by atoms with E-state index in [-0.39, 0.29) is 0 Å². The summed E-state index contributed by atoms with van der Waals surface area (Å²) in [7, 11) is 0. The first-order valence-electron chi connectivity index (χ1n) is 7.33. The maximum absolute atomic E-state index is 9.06. The molecule has 0 aromatic rings. The minimum Gasteiger partial charge on any atom is -0.248 e. The van der Waals surface area contributed by atoms with E-state index < -0.39 is 5.66 Å². The van der Waals surface area contributed by atoms with Gasteiger partial charge < -0.3 is 0 Å². The van der Waals surface area contributed by atoms with Gasteiger partial charge in [-0.25, -0.2) is 9.98 Å². The molecule has 1 heterocycles. The molecule has 0 radical (unpaired) electrons. The Bertz CT molecular complexity index is 300. The first kappa shape index (κ1) is 14.9. The Balaban J connectivity index is 1.94. The molecule has 1 aliphatic rings. The molecule has 18 heavy (non-hydrogen) atoms. The molecule has 0 N–H and O–H groups in total. The fourth-order valence-corrected chi connectivity index (χ4v) is 2.27. The van der Waals surface area contributed by atoms with Crippen LogP contribution in [0.3, 0.4) is 0 Å². The van der Waals surface area contributed by atoms with Gasteiger partial charge in [0.1, 0.15) is 6.07 Å². The van der Waals surface area contributed by atoms with Crippen molar-refractivity contribution in [3.8, 4) is 6.07 Å². The third kappa shape index (κ3) is 5.44. The van der Waals surface area contributed by atoms with Gasteiger partial charge in [0.25, 0.3) is 0 Å². The molecule has 0 saturated carbocycles. The molecule has 0 aromatic heterocycles. The molecule has 1 aliphatic heterocycles. The fraction of sp³-hybridized carbons (Fsp3) is 0.800. The van der Waals surface area contributed by atoms with Crippen LogP contribution in [0, 0.1) is 11.3 Å². The molecule has 3 heteroatoms. The van der Waals surface area contributed by atoms with Gasteiger partial charge in [-0.2, -0.15) is 5.26 Å². The van der Waals surface area contributed by atoms with Crippen LogP contribution in [0.5, 0.6) is 0 Å². The van der Waals surface area contributed by atoms with Crippen molar-refractivity contribution in [3.63, 3.8) is 0 Å². The summed E-state index contributed by atoms with van der Waals surface area (Å²) in [5.41, 5.74) is -0.777. The normalized spacial score (nSPS) is 16.0. The zero-order chi connectivity index (χ0) is 13.1. The molecule has 0 spiro atoms. The van der Waals surface area contributed by atoms with Crippen LogP contribution in [0.4, 0.5) is 0 Å². The number of nitriles is 1. The maximum Gasteiger partial charge on any atom is 0.236 e. The van der Waals surface area contributed by atoms with Crippen LogP contribution in [-0.2, 0) is 0 Å². The quantitative estimate of drug-likeness (QED) is 0.531. The molecule has 0 unspecified atom stereocenters. The van der Waals surface area contributed by atoms with Crippen molar-refractivity contribution in [1.82, 2.24) is 0 Å². The molecular formula is C15H25N3. The highest BCUT2D eigenvalue weighted by molar-refractivity contribution is 6.17.